The molecule has 0 saturated heterocycles. The van der Waals surface area contributed by atoms with Gasteiger partial charge in [0, 0.05) is 12.6 Å². The van der Waals surface area contributed by atoms with Gasteiger partial charge in [-0.3, -0.25) is 0 Å². The molecule has 0 bridgehead atoms. The van der Waals surface area contributed by atoms with Crippen LogP contribution in [0, 0.1) is 0 Å². The van der Waals surface area contributed by atoms with Crippen molar-refractivity contribution in [2.75, 3.05) is 5.73 Å². The van der Waals surface area contributed by atoms with E-state index in [1.54, 1.807) is 0 Å². The Morgan fingerprint density at radius 2 is 1.79 bits per heavy atom. The van der Waals surface area contributed by atoms with Crippen LogP contribution in [-0.4, -0.2) is 30.2 Å². The third kappa shape index (κ3) is 2.99. The molecule has 3 aromatic heterocycles. The minimum Gasteiger partial charge on any atom is -0.384 e. The van der Waals surface area contributed by atoms with Crippen molar-refractivity contribution < 1.29 is 0 Å². The molecule has 7 heteroatoms. The molecule has 0 fully saturated rings. The zero-order valence-corrected chi connectivity index (χ0v) is 14.9. The molecule has 0 spiro atoms. The molecule has 0 amide bonds. The average Bonchev–Trinajstić information content (AvgIpc) is 3.38. The van der Waals surface area contributed by atoms with Gasteiger partial charge in [0.15, 0.2) is 0 Å². The quantitative estimate of drug-likeness (QED) is 0.507. The van der Waals surface area contributed by atoms with Crippen LogP contribution in [-0.2, 0) is 6.42 Å². The summed E-state index contributed by atoms with van der Waals surface area (Å²) in [4.78, 5) is 4.18. The number of nitrogen functional groups attached to an aromatic ring is 1. The first-order chi connectivity index (χ1) is 13.8. The first-order valence-electron chi connectivity index (χ1n) is 8.91. The molecule has 0 aliphatic rings. The van der Waals surface area contributed by atoms with Crippen molar-refractivity contribution >= 4 is 17.0 Å². The summed E-state index contributed by atoms with van der Waals surface area (Å²) in [6.07, 6.45) is 4.53. The normalized spacial score (nSPS) is 11.1. The number of hydrogen-bond donors (Lipinski definition) is 2. The molecule has 5 rings (SSSR count). The second kappa shape index (κ2) is 6.62. The number of H-pyrrole nitrogens is 1. The Bertz CT molecular complexity index is 1250. The van der Waals surface area contributed by atoms with E-state index in [4.69, 9.17) is 5.73 Å². The number of fused-ring (bicyclic) bond motifs is 1. The van der Waals surface area contributed by atoms with Crippen LogP contribution in [0.15, 0.2) is 73.1 Å². The lowest BCUT2D eigenvalue weighted by Gasteiger charge is -2.06. The molecule has 0 unspecified atom stereocenters. The lowest BCUT2D eigenvalue weighted by atomic mass is 10.1. The number of nitrogens with one attached hydrogen (secondary N) is 1. The molecular weight excluding hydrogens is 350 g/mol. The van der Waals surface area contributed by atoms with E-state index in [0.29, 0.717) is 17.9 Å². The van der Waals surface area contributed by atoms with Gasteiger partial charge in [0.2, 0.25) is 5.65 Å². The van der Waals surface area contributed by atoms with Gasteiger partial charge in [0.05, 0.1) is 11.9 Å². The van der Waals surface area contributed by atoms with Crippen LogP contribution in [0.4, 0.5) is 5.82 Å². The maximum Gasteiger partial charge on any atom is 0.203 e. The molecule has 2 aromatic carbocycles. The molecule has 0 aliphatic heterocycles. The van der Waals surface area contributed by atoms with Gasteiger partial charge in [-0.15, -0.1) is 5.10 Å². The summed E-state index contributed by atoms with van der Waals surface area (Å²) in [6.45, 7) is 0. The summed E-state index contributed by atoms with van der Waals surface area (Å²) in [6, 6.07) is 20.5. The first kappa shape index (κ1) is 16.2. The van der Waals surface area contributed by atoms with Gasteiger partial charge >= 0.3 is 0 Å². The van der Waals surface area contributed by atoms with Crippen molar-refractivity contribution in [1.82, 2.24) is 30.2 Å². The van der Waals surface area contributed by atoms with Gasteiger partial charge in [-0.05, 0) is 40.5 Å². The van der Waals surface area contributed by atoms with Crippen molar-refractivity contribution in [3.05, 3.63) is 84.2 Å². The molecule has 3 heterocycles. The molecule has 7 nitrogen and oxygen atoms in total. The fraction of sp³-hybridized carbons (Fsp3) is 0.0476. The summed E-state index contributed by atoms with van der Waals surface area (Å²) >= 11 is 0. The van der Waals surface area contributed by atoms with Gasteiger partial charge in [0.1, 0.15) is 11.3 Å². The van der Waals surface area contributed by atoms with E-state index in [9.17, 15) is 0 Å². The highest BCUT2D eigenvalue weighted by Crippen LogP contribution is 2.23. The van der Waals surface area contributed by atoms with E-state index in [1.165, 1.54) is 5.56 Å². The van der Waals surface area contributed by atoms with Crippen molar-refractivity contribution in [3.8, 4) is 16.8 Å². The zero-order chi connectivity index (χ0) is 18.9. The predicted octanol–water partition coefficient (Wildman–Crippen LogP) is 3.38. The van der Waals surface area contributed by atoms with E-state index in [0.717, 1.165) is 27.9 Å². The van der Waals surface area contributed by atoms with Gasteiger partial charge in [-0.2, -0.15) is 15.4 Å². The third-order valence-corrected chi connectivity index (χ3v) is 4.64. The SMILES string of the molecule is Nc1cc(Cc2cnn(-c3cccc(-c4ccccc4)c3)c2)c2n[nH]nc2n1. The fourth-order valence-corrected chi connectivity index (χ4v) is 3.33. The highest BCUT2D eigenvalue weighted by molar-refractivity contribution is 5.76. The number of pyridine rings is 1. The van der Waals surface area contributed by atoms with Crippen LogP contribution in [0.3, 0.4) is 0 Å². The fourth-order valence-electron chi connectivity index (χ4n) is 3.33. The van der Waals surface area contributed by atoms with E-state index in [-0.39, 0.29) is 0 Å². The molecule has 136 valence electrons. The molecule has 0 aliphatic carbocycles. The Morgan fingerprint density at radius 1 is 0.929 bits per heavy atom. The Hall–Kier alpha value is -4.00. The number of aromatic amines is 1. The van der Waals surface area contributed by atoms with Gasteiger partial charge in [-0.25, -0.2) is 9.67 Å². The van der Waals surface area contributed by atoms with Crippen molar-refractivity contribution in [1.29, 1.82) is 0 Å². The van der Waals surface area contributed by atoms with Crippen LogP contribution in [0.25, 0.3) is 28.0 Å². The summed E-state index contributed by atoms with van der Waals surface area (Å²) in [5.74, 6) is 0.430. The minimum atomic E-state index is 0.430. The first-order valence-corrected chi connectivity index (χ1v) is 8.91. The number of aromatic nitrogens is 6. The Morgan fingerprint density at radius 3 is 2.68 bits per heavy atom. The van der Waals surface area contributed by atoms with Crippen molar-refractivity contribution in [3.63, 3.8) is 0 Å². The smallest absolute Gasteiger partial charge is 0.203 e. The summed E-state index contributed by atoms with van der Waals surface area (Å²) in [5, 5.41) is 15.3. The summed E-state index contributed by atoms with van der Waals surface area (Å²) in [7, 11) is 0. The third-order valence-electron chi connectivity index (χ3n) is 4.64. The molecule has 0 radical (unpaired) electrons. The van der Waals surface area contributed by atoms with E-state index < -0.39 is 0 Å². The minimum absolute atomic E-state index is 0.430. The van der Waals surface area contributed by atoms with Gasteiger partial charge in [-0.1, -0.05) is 42.5 Å². The van der Waals surface area contributed by atoms with Crippen LogP contribution >= 0.6 is 0 Å². The Kier molecular flexibility index (Phi) is 3.83. The van der Waals surface area contributed by atoms with Crippen molar-refractivity contribution in [2.24, 2.45) is 0 Å². The highest BCUT2D eigenvalue weighted by atomic mass is 15.3. The van der Waals surface area contributed by atoms with Crippen LogP contribution < -0.4 is 5.73 Å². The number of anilines is 1. The molecule has 28 heavy (non-hydrogen) atoms. The number of benzene rings is 2. The Balaban J connectivity index is 1.46. The number of nitrogens with zero attached hydrogens (tertiary/aromatic N) is 5. The van der Waals surface area contributed by atoms with E-state index in [2.05, 4.69) is 49.8 Å². The Labute approximate surface area is 160 Å². The predicted molar refractivity (Wildman–Crippen MR) is 108 cm³/mol. The number of hydrogen-bond acceptors (Lipinski definition) is 5. The standard InChI is InChI=1S/C21H17N7/c22-19-11-17(20-21(24-19)26-27-25-20)9-14-12-23-28(13-14)18-8-4-7-16(10-18)15-5-2-1-3-6-15/h1-8,10-13H,9H2,(H3,22,24,25,26,27). The zero-order valence-electron chi connectivity index (χ0n) is 14.9. The average molecular weight is 367 g/mol. The summed E-state index contributed by atoms with van der Waals surface area (Å²) < 4.78 is 1.88. The van der Waals surface area contributed by atoms with Gasteiger partial charge in [0.25, 0.3) is 0 Å². The lowest BCUT2D eigenvalue weighted by Crippen LogP contribution is -1.96. The molecular formula is C21H17N7. The lowest BCUT2D eigenvalue weighted by molar-refractivity contribution is 0.880. The maximum atomic E-state index is 5.89. The monoisotopic (exact) mass is 367 g/mol. The van der Waals surface area contributed by atoms with E-state index in [1.807, 2.05) is 53.5 Å². The number of nitrogens with two attached hydrogens (primary N) is 1. The number of rotatable bonds is 4. The molecule has 3 N–H and O–H groups in total. The maximum absolute atomic E-state index is 5.89. The van der Waals surface area contributed by atoms with Crippen LogP contribution in [0.2, 0.25) is 0 Å². The highest BCUT2D eigenvalue weighted by Gasteiger charge is 2.11. The topological polar surface area (TPSA) is 98.3 Å². The molecule has 0 saturated carbocycles. The molecule has 5 aromatic rings. The summed E-state index contributed by atoms with van der Waals surface area (Å²) in [5.41, 5.74) is 12.5. The molecule has 0 atom stereocenters. The largest absolute Gasteiger partial charge is 0.384 e. The second-order valence-electron chi connectivity index (χ2n) is 6.59. The van der Waals surface area contributed by atoms with E-state index >= 15 is 0 Å². The van der Waals surface area contributed by atoms with Gasteiger partial charge < -0.3 is 5.73 Å². The van der Waals surface area contributed by atoms with Crippen molar-refractivity contribution in [2.45, 2.75) is 6.42 Å². The second-order valence-corrected chi connectivity index (χ2v) is 6.59. The van der Waals surface area contributed by atoms with Crippen LogP contribution in [0.5, 0.6) is 0 Å². The van der Waals surface area contributed by atoms with Crippen LogP contribution in [0.1, 0.15) is 11.1 Å².